The minimum absolute atomic E-state index is 0.100. The Balaban J connectivity index is 1.74. The minimum atomic E-state index is -0.198. The van der Waals surface area contributed by atoms with Gasteiger partial charge in [0.15, 0.2) is 11.5 Å². The molecular weight excluding hydrogens is 446 g/mol. The molecule has 1 atom stereocenters. The van der Waals surface area contributed by atoms with Crippen LogP contribution >= 0.6 is 0 Å². The summed E-state index contributed by atoms with van der Waals surface area (Å²) in [6.07, 6.45) is 1.63. The lowest BCUT2D eigenvalue weighted by molar-refractivity contribution is 0.0940. The molecule has 0 aliphatic heterocycles. The van der Waals surface area contributed by atoms with Gasteiger partial charge >= 0.3 is 0 Å². The van der Waals surface area contributed by atoms with E-state index in [1.54, 1.807) is 33.7 Å². The highest BCUT2D eigenvalue weighted by molar-refractivity contribution is 6.07. The second-order valence-corrected chi connectivity index (χ2v) is 8.19. The maximum Gasteiger partial charge on any atom is 0.252 e. The predicted molar refractivity (Wildman–Crippen MR) is 134 cm³/mol. The summed E-state index contributed by atoms with van der Waals surface area (Å²) >= 11 is 0. The highest BCUT2D eigenvalue weighted by Gasteiger charge is 2.21. The molecule has 2 aromatic carbocycles. The number of nitrogens with one attached hydrogen (secondary N) is 1. The molecule has 182 valence electrons. The Morgan fingerprint density at radius 2 is 1.71 bits per heavy atom. The van der Waals surface area contributed by atoms with Crippen LogP contribution in [0.2, 0.25) is 0 Å². The molecule has 4 rings (SSSR count). The molecule has 1 N–H and O–H groups in total. The van der Waals surface area contributed by atoms with Gasteiger partial charge in [-0.05, 0) is 50.5 Å². The molecule has 0 aliphatic carbocycles. The molecule has 0 saturated carbocycles. The van der Waals surface area contributed by atoms with Crippen LogP contribution in [0.4, 0.5) is 0 Å². The van der Waals surface area contributed by atoms with Crippen LogP contribution in [0.15, 0.2) is 65.3 Å². The summed E-state index contributed by atoms with van der Waals surface area (Å²) in [5, 5.41) is 3.83. The van der Waals surface area contributed by atoms with Gasteiger partial charge in [0.2, 0.25) is 5.75 Å². The van der Waals surface area contributed by atoms with Gasteiger partial charge in [-0.1, -0.05) is 18.2 Å². The summed E-state index contributed by atoms with van der Waals surface area (Å²) in [5.41, 5.74) is 2.58. The Morgan fingerprint density at radius 3 is 2.31 bits per heavy atom. The third kappa shape index (κ3) is 4.93. The SMILES string of the molecule is COc1cc(-c2cc(C(=O)NCC(c3ccco3)N(C)C)c3ccccc3n2)cc(OC)c1OC. The Labute approximate surface area is 204 Å². The van der Waals surface area contributed by atoms with Gasteiger partial charge in [0.25, 0.3) is 5.91 Å². The monoisotopic (exact) mass is 475 g/mol. The number of benzene rings is 2. The number of hydrogen-bond acceptors (Lipinski definition) is 7. The average Bonchev–Trinajstić information content (AvgIpc) is 3.41. The third-order valence-electron chi connectivity index (χ3n) is 5.87. The van der Waals surface area contributed by atoms with Crippen molar-refractivity contribution in [2.75, 3.05) is 42.0 Å². The molecule has 1 amide bonds. The molecule has 4 aromatic rings. The molecular formula is C27H29N3O5. The number of rotatable bonds is 9. The second-order valence-electron chi connectivity index (χ2n) is 8.19. The highest BCUT2D eigenvalue weighted by Crippen LogP contribution is 2.41. The van der Waals surface area contributed by atoms with E-state index in [9.17, 15) is 4.79 Å². The first-order chi connectivity index (χ1) is 17.0. The predicted octanol–water partition coefficient (Wildman–Crippen LogP) is 4.55. The van der Waals surface area contributed by atoms with E-state index in [1.807, 2.05) is 67.5 Å². The van der Waals surface area contributed by atoms with Crippen molar-refractivity contribution in [1.29, 1.82) is 0 Å². The minimum Gasteiger partial charge on any atom is -0.493 e. The van der Waals surface area contributed by atoms with Crippen LogP contribution in [0.1, 0.15) is 22.2 Å². The van der Waals surface area contributed by atoms with Gasteiger partial charge in [0.05, 0.1) is 50.4 Å². The van der Waals surface area contributed by atoms with Crippen LogP contribution in [0.25, 0.3) is 22.2 Å². The summed E-state index contributed by atoms with van der Waals surface area (Å²) in [4.78, 5) is 20.2. The average molecular weight is 476 g/mol. The largest absolute Gasteiger partial charge is 0.493 e. The quantitative estimate of drug-likeness (QED) is 0.380. The molecule has 0 aliphatic rings. The molecule has 1 unspecified atom stereocenters. The van der Waals surface area contributed by atoms with E-state index in [0.717, 1.165) is 16.7 Å². The number of fused-ring (bicyclic) bond motifs is 1. The number of ether oxygens (including phenoxy) is 3. The number of carbonyl (C=O) groups excluding carboxylic acids is 1. The van der Waals surface area contributed by atoms with E-state index in [2.05, 4.69) is 5.32 Å². The van der Waals surface area contributed by atoms with Gasteiger partial charge in [-0.3, -0.25) is 9.69 Å². The number of amides is 1. The number of methoxy groups -OCH3 is 3. The first-order valence-electron chi connectivity index (χ1n) is 11.1. The van der Waals surface area contributed by atoms with Crippen molar-refractivity contribution in [3.8, 4) is 28.5 Å². The van der Waals surface area contributed by atoms with E-state index in [0.29, 0.717) is 40.6 Å². The first kappa shape index (κ1) is 24.1. The number of nitrogens with zero attached hydrogens (tertiary/aromatic N) is 2. The summed E-state index contributed by atoms with van der Waals surface area (Å²) in [7, 11) is 8.58. The van der Waals surface area contributed by atoms with Crippen LogP contribution in [0, 0.1) is 0 Å². The van der Waals surface area contributed by atoms with E-state index < -0.39 is 0 Å². The van der Waals surface area contributed by atoms with Crippen LogP contribution in [0.3, 0.4) is 0 Å². The maximum atomic E-state index is 13.4. The van der Waals surface area contributed by atoms with E-state index >= 15 is 0 Å². The van der Waals surface area contributed by atoms with Gasteiger partial charge in [-0.25, -0.2) is 4.98 Å². The zero-order valence-corrected chi connectivity index (χ0v) is 20.5. The van der Waals surface area contributed by atoms with Crippen LogP contribution in [-0.2, 0) is 0 Å². The van der Waals surface area contributed by atoms with Gasteiger partial charge in [-0.2, -0.15) is 0 Å². The van der Waals surface area contributed by atoms with Gasteiger partial charge < -0.3 is 23.9 Å². The molecule has 35 heavy (non-hydrogen) atoms. The van der Waals surface area contributed by atoms with Gasteiger partial charge in [-0.15, -0.1) is 0 Å². The van der Waals surface area contributed by atoms with Crippen molar-refractivity contribution in [2.45, 2.75) is 6.04 Å². The van der Waals surface area contributed by atoms with Crippen molar-refractivity contribution < 1.29 is 23.4 Å². The number of hydrogen-bond donors (Lipinski definition) is 1. The molecule has 2 heterocycles. The van der Waals surface area contributed by atoms with Crippen molar-refractivity contribution in [3.05, 3.63) is 72.2 Å². The molecule has 0 bridgehead atoms. The fraction of sp³-hybridized carbons (Fsp3) is 0.259. The summed E-state index contributed by atoms with van der Waals surface area (Å²) in [5.74, 6) is 2.10. The lowest BCUT2D eigenvalue weighted by Crippen LogP contribution is -2.34. The molecule has 0 fully saturated rings. The number of likely N-dealkylation sites (N-methyl/N-ethyl adjacent to an activating group) is 1. The molecule has 0 saturated heterocycles. The third-order valence-corrected chi connectivity index (χ3v) is 5.87. The van der Waals surface area contributed by atoms with E-state index in [-0.39, 0.29) is 11.9 Å². The smallest absolute Gasteiger partial charge is 0.252 e. The molecule has 8 nitrogen and oxygen atoms in total. The number of carbonyl (C=O) groups is 1. The van der Waals surface area contributed by atoms with Crippen molar-refractivity contribution in [1.82, 2.24) is 15.2 Å². The fourth-order valence-electron chi connectivity index (χ4n) is 4.04. The van der Waals surface area contributed by atoms with E-state index in [4.69, 9.17) is 23.6 Å². The van der Waals surface area contributed by atoms with Crippen LogP contribution in [0.5, 0.6) is 17.2 Å². The number of pyridine rings is 1. The van der Waals surface area contributed by atoms with Crippen LogP contribution < -0.4 is 19.5 Å². The van der Waals surface area contributed by atoms with Crippen LogP contribution in [-0.4, -0.2) is 57.8 Å². The first-order valence-corrected chi connectivity index (χ1v) is 11.1. The molecule has 0 radical (unpaired) electrons. The zero-order chi connectivity index (χ0) is 24.9. The highest BCUT2D eigenvalue weighted by atomic mass is 16.5. The lowest BCUT2D eigenvalue weighted by Gasteiger charge is -2.22. The van der Waals surface area contributed by atoms with E-state index in [1.165, 1.54) is 0 Å². The van der Waals surface area contributed by atoms with Crippen molar-refractivity contribution in [2.24, 2.45) is 0 Å². The normalized spacial score (nSPS) is 11.9. The van der Waals surface area contributed by atoms with Crippen molar-refractivity contribution in [3.63, 3.8) is 0 Å². The number of aromatic nitrogens is 1. The number of para-hydroxylation sites is 1. The zero-order valence-electron chi connectivity index (χ0n) is 20.5. The maximum absolute atomic E-state index is 13.4. The fourth-order valence-corrected chi connectivity index (χ4v) is 4.04. The molecule has 2 aromatic heterocycles. The van der Waals surface area contributed by atoms with Gasteiger partial charge in [0, 0.05) is 17.5 Å². The second kappa shape index (κ2) is 10.5. The topological polar surface area (TPSA) is 86.1 Å². The summed E-state index contributed by atoms with van der Waals surface area (Å²) in [6, 6.07) is 16.6. The van der Waals surface area contributed by atoms with Crippen molar-refractivity contribution >= 4 is 16.8 Å². The standard InChI is InChI=1S/C27H29N3O5/c1-30(2)22(23-11-8-12-35-23)16-28-27(31)19-15-21(29-20-10-7-6-9-18(19)20)17-13-24(32-3)26(34-5)25(14-17)33-4/h6-15,22H,16H2,1-5H3,(H,28,31). The Bertz CT molecular complexity index is 1290. The van der Waals surface area contributed by atoms with Gasteiger partial charge in [0.1, 0.15) is 5.76 Å². The Kier molecular flexibility index (Phi) is 7.22. The molecule has 8 heteroatoms. The summed E-state index contributed by atoms with van der Waals surface area (Å²) < 4.78 is 22.0. The number of furan rings is 1. The summed E-state index contributed by atoms with van der Waals surface area (Å²) in [6.45, 7) is 0.384. The molecule has 0 spiro atoms. The lowest BCUT2D eigenvalue weighted by atomic mass is 10.0. The Hall–Kier alpha value is -4.04. The Morgan fingerprint density at radius 1 is 1.00 bits per heavy atom.